The molecule has 1 aromatic carbocycles. The van der Waals surface area contributed by atoms with E-state index in [2.05, 4.69) is 16.0 Å². The van der Waals surface area contributed by atoms with Gasteiger partial charge in [-0.2, -0.15) is 0 Å². The fourth-order valence-electron chi connectivity index (χ4n) is 2.10. The third-order valence-electron chi connectivity index (χ3n) is 2.95. The number of hydrogen-bond acceptors (Lipinski definition) is 3. The summed E-state index contributed by atoms with van der Waals surface area (Å²) in [5, 5.41) is 1.69. The topological polar surface area (TPSA) is 34.5 Å². The Bertz CT molecular complexity index is 652. The summed E-state index contributed by atoms with van der Waals surface area (Å²) in [5.74, 6) is 0.606. The summed E-state index contributed by atoms with van der Waals surface area (Å²) in [5.41, 5.74) is 2.78. The van der Waals surface area contributed by atoms with Crippen LogP contribution in [-0.4, -0.2) is 23.5 Å². The molecule has 3 nitrogen and oxygen atoms in total. The number of nitrogens with zero attached hydrogens (tertiary/aromatic N) is 2. The van der Waals surface area contributed by atoms with Crippen LogP contribution in [0.4, 0.5) is 0 Å². The summed E-state index contributed by atoms with van der Waals surface area (Å²) < 4.78 is 5.60. The second-order valence-electron chi connectivity index (χ2n) is 4.60. The summed E-state index contributed by atoms with van der Waals surface area (Å²) in [6.07, 6.45) is 1.83. The molecule has 0 aliphatic carbocycles. The van der Waals surface area contributed by atoms with Crippen LogP contribution in [0, 0.1) is 6.92 Å². The number of aliphatic imine (C=N–C) groups is 1. The summed E-state index contributed by atoms with van der Waals surface area (Å²) >= 11 is 6.27. The Balaban J connectivity index is 2.27. The van der Waals surface area contributed by atoms with Crippen LogP contribution in [0.25, 0.3) is 10.9 Å². The summed E-state index contributed by atoms with van der Waals surface area (Å²) in [4.78, 5) is 8.93. The number of hydrogen-bond donors (Lipinski definition) is 0. The SMILES string of the molecule is Cc1cnc2c(C3=NC(C)CO3)c(Cl)ccc2c1. The molecule has 1 aliphatic rings. The average Bonchev–Trinajstić information content (AvgIpc) is 2.76. The van der Waals surface area contributed by atoms with Gasteiger partial charge in [-0.05, 0) is 31.5 Å². The first-order valence-corrected chi connectivity index (χ1v) is 6.29. The van der Waals surface area contributed by atoms with E-state index in [1.54, 1.807) is 0 Å². The van der Waals surface area contributed by atoms with E-state index in [1.165, 1.54) is 0 Å². The Labute approximate surface area is 110 Å². The molecule has 18 heavy (non-hydrogen) atoms. The lowest BCUT2D eigenvalue weighted by molar-refractivity contribution is 0.324. The van der Waals surface area contributed by atoms with Crippen LogP contribution in [0.15, 0.2) is 29.4 Å². The molecule has 0 spiro atoms. The van der Waals surface area contributed by atoms with Gasteiger partial charge in [0, 0.05) is 11.6 Å². The van der Waals surface area contributed by atoms with E-state index in [0.717, 1.165) is 22.0 Å². The first kappa shape index (κ1) is 11.5. The van der Waals surface area contributed by atoms with E-state index in [1.807, 2.05) is 32.2 Å². The third kappa shape index (κ3) is 1.85. The highest BCUT2D eigenvalue weighted by molar-refractivity contribution is 6.35. The fourth-order valence-corrected chi connectivity index (χ4v) is 2.33. The van der Waals surface area contributed by atoms with E-state index in [9.17, 15) is 0 Å². The summed E-state index contributed by atoms with van der Waals surface area (Å²) in [6.45, 7) is 4.64. The monoisotopic (exact) mass is 260 g/mol. The number of halogens is 1. The maximum absolute atomic E-state index is 6.27. The van der Waals surface area contributed by atoms with E-state index in [4.69, 9.17) is 16.3 Å². The standard InChI is InChI=1S/C14H13ClN2O/c1-8-5-10-3-4-11(15)12(13(10)16-6-8)14-17-9(2)7-18-14/h3-6,9H,7H2,1-2H3. The highest BCUT2D eigenvalue weighted by Gasteiger charge is 2.21. The molecule has 1 aliphatic heterocycles. The van der Waals surface area contributed by atoms with Crippen LogP contribution in [-0.2, 0) is 4.74 Å². The number of rotatable bonds is 1. The first-order chi connectivity index (χ1) is 8.65. The molecule has 0 amide bonds. The van der Waals surface area contributed by atoms with Gasteiger partial charge in [-0.15, -0.1) is 0 Å². The van der Waals surface area contributed by atoms with E-state index in [-0.39, 0.29) is 6.04 Å². The Morgan fingerprint density at radius 2 is 2.22 bits per heavy atom. The number of aromatic nitrogens is 1. The highest BCUT2D eigenvalue weighted by atomic mass is 35.5. The van der Waals surface area contributed by atoms with Crippen molar-refractivity contribution >= 4 is 28.4 Å². The van der Waals surface area contributed by atoms with E-state index < -0.39 is 0 Å². The maximum Gasteiger partial charge on any atom is 0.220 e. The van der Waals surface area contributed by atoms with Crippen LogP contribution < -0.4 is 0 Å². The third-order valence-corrected chi connectivity index (χ3v) is 3.27. The molecule has 0 bridgehead atoms. The fraction of sp³-hybridized carbons (Fsp3) is 0.286. The molecule has 1 unspecified atom stereocenters. The zero-order valence-corrected chi connectivity index (χ0v) is 11.0. The normalized spacial score (nSPS) is 18.8. The Hall–Kier alpha value is -1.61. The minimum absolute atomic E-state index is 0.178. The van der Waals surface area contributed by atoms with Gasteiger partial charge in [0.05, 0.1) is 22.1 Å². The van der Waals surface area contributed by atoms with Gasteiger partial charge in [-0.1, -0.05) is 17.7 Å². The molecule has 0 radical (unpaired) electrons. The Morgan fingerprint density at radius 1 is 1.39 bits per heavy atom. The van der Waals surface area contributed by atoms with Crippen molar-refractivity contribution in [2.45, 2.75) is 19.9 Å². The quantitative estimate of drug-likeness (QED) is 0.788. The lowest BCUT2D eigenvalue weighted by Gasteiger charge is -2.08. The van der Waals surface area contributed by atoms with Crippen LogP contribution in [0.1, 0.15) is 18.1 Å². The molecule has 0 N–H and O–H groups in total. The van der Waals surface area contributed by atoms with Crippen molar-refractivity contribution in [1.29, 1.82) is 0 Å². The molecule has 92 valence electrons. The van der Waals surface area contributed by atoms with Gasteiger partial charge in [-0.25, -0.2) is 4.99 Å². The predicted molar refractivity (Wildman–Crippen MR) is 73.4 cm³/mol. The van der Waals surface area contributed by atoms with E-state index in [0.29, 0.717) is 17.5 Å². The summed E-state index contributed by atoms with van der Waals surface area (Å²) in [7, 11) is 0. The number of aryl methyl sites for hydroxylation is 1. The molecular weight excluding hydrogens is 248 g/mol. The molecule has 3 rings (SSSR count). The van der Waals surface area contributed by atoms with Gasteiger partial charge in [0.2, 0.25) is 5.90 Å². The zero-order valence-electron chi connectivity index (χ0n) is 10.3. The van der Waals surface area contributed by atoms with Gasteiger partial charge >= 0.3 is 0 Å². The molecule has 2 heterocycles. The van der Waals surface area contributed by atoms with Crippen molar-refractivity contribution < 1.29 is 4.74 Å². The number of fused-ring (bicyclic) bond motifs is 1. The number of pyridine rings is 1. The molecule has 0 saturated carbocycles. The predicted octanol–water partition coefficient (Wildman–Crippen LogP) is 3.36. The number of benzene rings is 1. The zero-order chi connectivity index (χ0) is 12.7. The summed E-state index contributed by atoms with van der Waals surface area (Å²) in [6, 6.07) is 6.10. The maximum atomic E-state index is 6.27. The minimum Gasteiger partial charge on any atom is -0.475 e. The van der Waals surface area contributed by atoms with Gasteiger partial charge in [0.25, 0.3) is 0 Å². The molecule has 1 atom stereocenters. The molecular formula is C14H13ClN2O. The minimum atomic E-state index is 0.178. The van der Waals surface area contributed by atoms with Crippen LogP contribution in [0.2, 0.25) is 5.02 Å². The van der Waals surface area contributed by atoms with Gasteiger partial charge < -0.3 is 4.74 Å². The van der Waals surface area contributed by atoms with Crippen LogP contribution in [0.3, 0.4) is 0 Å². The lowest BCUT2D eigenvalue weighted by Crippen LogP contribution is -2.04. The van der Waals surface area contributed by atoms with Crippen molar-refractivity contribution in [1.82, 2.24) is 4.98 Å². The van der Waals surface area contributed by atoms with Gasteiger partial charge in [0.1, 0.15) is 6.61 Å². The van der Waals surface area contributed by atoms with Crippen molar-refractivity contribution in [3.8, 4) is 0 Å². The molecule has 0 fully saturated rings. The van der Waals surface area contributed by atoms with Gasteiger partial charge in [0.15, 0.2) is 0 Å². The smallest absolute Gasteiger partial charge is 0.220 e. The Kier molecular flexibility index (Phi) is 2.71. The molecule has 4 heteroatoms. The van der Waals surface area contributed by atoms with Crippen molar-refractivity contribution in [3.63, 3.8) is 0 Å². The lowest BCUT2D eigenvalue weighted by atomic mass is 10.1. The molecule has 0 saturated heterocycles. The average molecular weight is 261 g/mol. The largest absolute Gasteiger partial charge is 0.475 e. The number of ether oxygens (including phenoxy) is 1. The molecule has 1 aromatic heterocycles. The first-order valence-electron chi connectivity index (χ1n) is 5.91. The second kappa shape index (κ2) is 4.25. The highest BCUT2D eigenvalue weighted by Crippen LogP contribution is 2.28. The van der Waals surface area contributed by atoms with Gasteiger partial charge in [-0.3, -0.25) is 4.98 Å². The van der Waals surface area contributed by atoms with Crippen molar-refractivity contribution in [2.24, 2.45) is 4.99 Å². The second-order valence-corrected chi connectivity index (χ2v) is 5.01. The van der Waals surface area contributed by atoms with Crippen LogP contribution >= 0.6 is 11.6 Å². The van der Waals surface area contributed by atoms with Crippen LogP contribution in [0.5, 0.6) is 0 Å². The van der Waals surface area contributed by atoms with Crippen molar-refractivity contribution in [3.05, 3.63) is 40.5 Å². The molecule has 2 aromatic rings. The van der Waals surface area contributed by atoms with E-state index >= 15 is 0 Å². The van der Waals surface area contributed by atoms with Crippen molar-refractivity contribution in [2.75, 3.05) is 6.61 Å². The Morgan fingerprint density at radius 3 is 2.94 bits per heavy atom.